The zero-order valence-electron chi connectivity index (χ0n) is 10.6. The van der Waals surface area contributed by atoms with Gasteiger partial charge in [0.05, 0.1) is 0 Å². The van der Waals surface area contributed by atoms with Crippen LogP contribution in [0.15, 0.2) is 0 Å². The summed E-state index contributed by atoms with van der Waals surface area (Å²) in [5.74, 6) is -1.78. The summed E-state index contributed by atoms with van der Waals surface area (Å²) in [7, 11) is 4.74. The largest absolute Gasteiger partial charge is 0.416 e. The van der Waals surface area contributed by atoms with E-state index in [1.807, 2.05) is 0 Å². The number of ether oxygens (including phenoxy) is 1. The van der Waals surface area contributed by atoms with Gasteiger partial charge in [0.2, 0.25) is 5.91 Å². The molecular formula is C10H22N4O3. The van der Waals surface area contributed by atoms with Gasteiger partial charge >= 0.3 is 5.97 Å². The zero-order valence-corrected chi connectivity index (χ0v) is 10.6. The summed E-state index contributed by atoms with van der Waals surface area (Å²) in [6.07, 6.45) is 1.89. The molecule has 0 aromatic rings. The van der Waals surface area contributed by atoms with Crippen LogP contribution in [0.25, 0.3) is 0 Å². The summed E-state index contributed by atoms with van der Waals surface area (Å²) in [6.45, 7) is 0. The Morgan fingerprint density at radius 1 is 1.12 bits per heavy atom. The van der Waals surface area contributed by atoms with Crippen LogP contribution >= 0.6 is 0 Å². The lowest BCUT2D eigenvalue weighted by Gasteiger charge is -2.27. The van der Waals surface area contributed by atoms with Gasteiger partial charge in [0.15, 0.2) is 0 Å². The molecule has 100 valence electrons. The quantitative estimate of drug-likeness (QED) is 0.245. The molecule has 0 fully saturated rings. The minimum Gasteiger partial charge on any atom is -0.416 e. The number of hydrogen-bond acceptors (Lipinski definition) is 6. The zero-order chi connectivity index (χ0) is 13.3. The number of nitrogens with two attached hydrogens (primary N) is 1. The molecule has 0 aliphatic rings. The lowest BCUT2D eigenvalue weighted by Crippen LogP contribution is -2.64. The normalized spacial score (nSPS) is 11.1. The molecule has 0 aromatic heterocycles. The first-order valence-electron chi connectivity index (χ1n) is 5.56. The van der Waals surface area contributed by atoms with Gasteiger partial charge in [0.1, 0.15) is 0 Å². The maximum Gasteiger partial charge on any atom is 0.309 e. The first-order valence-corrected chi connectivity index (χ1v) is 5.56. The SMILES string of the molecule is CNC(=O)CCCCC(=O)OC(N)(NC)NC. The van der Waals surface area contributed by atoms with E-state index in [2.05, 4.69) is 16.0 Å². The van der Waals surface area contributed by atoms with Gasteiger partial charge in [-0.1, -0.05) is 0 Å². The van der Waals surface area contributed by atoms with Gasteiger partial charge in [-0.05, 0) is 26.9 Å². The van der Waals surface area contributed by atoms with Crippen LogP contribution in [0.3, 0.4) is 0 Å². The molecule has 0 aliphatic carbocycles. The molecule has 0 saturated carbocycles. The van der Waals surface area contributed by atoms with Crippen molar-refractivity contribution in [3.8, 4) is 0 Å². The maximum absolute atomic E-state index is 11.4. The minimum absolute atomic E-state index is 0.0306. The molecule has 0 saturated heterocycles. The molecule has 7 nitrogen and oxygen atoms in total. The van der Waals surface area contributed by atoms with Crippen LogP contribution in [0.4, 0.5) is 0 Å². The molecule has 17 heavy (non-hydrogen) atoms. The standard InChI is InChI=1S/C10H22N4O3/c1-12-8(15)6-4-5-7-9(16)17-10(11,13-2)14-3/h13-14H,4-7,11H2,1-3H3,(H,12,15). The van der Waals surface area contributed by atoms with Crippen LogP contribution in [-0.2, 0) is 14.3 Å². The summed E-state index contributed by atoms with van der Waals surface area (Å²) in [4.78, 5) is 22.3. The Labute approximate surface area is 101 Å². The average Bonchev–Trinajstić information content (AvgIpc) is 2.34. The van der Waals surface area contributed by atoms with Crippen molar-refractivity contribution in [3.05, 3.63) is 0 Å². The van der Waals surface area contributed by atoms with Crippen molar-refractivity contribution in [2.75, 3.05) is 21.1 Å². The van der Waals surface area contributed by atoms with Crippen molar-refractivity contribution in [2.45, 2.75) is 31.7 Å². The summed E-state index contributed by atoms with van der Waals surface area (Å²) in [5, 5.41) is 7.79. The van der Waals surface area contributed by atoms with E-state index in [4.69, 9.17) is 10.5 Å². The fourth-order valence-electron chi connectivity index (χ4n) is 1.14. The van der Waals surface area contributed by atoms with E-state index in [1.54, 1.807) is 21.1 Å². The number of carbonyl (C=O) groups excluding carboxylic acids is 2. The van der Waals surface area contributed by atoms with Crippen molar-refractivity contribution in [1.82, 2.24) is 16.0 Å². The number of esters is 1. The molecule has 1 amide bonds. The van der Waals surface area contributed by atoms with Crippen molar-refractivity contribution in [2.24, 2.45) is 5.73 Å². The Morgan fingerprint density at radius 3 is 2.12 bits per heavy atom. The van der Waals surface area contributed by atoms with Crippen molar-refractivity contribution in [3.63, 3.8) is 0 Å². The first-order chi connectivity index (χ1) is 7.97. The van der Waals surface area contributed by atoms with Crippen LogP contribution < -0.4 is 21.7 Å². The van der Waals surface area contributed by atoms with E-state index in [1.165, 1.54) is 0 Å². The van der Waals surface area contributed by atoms with E-state index < -0.39 is 11.9 Å². The van der Waals surface area contributed by atoms with E-state index in [0.29, 0.717) is 19.3 Å². The molecule has 0 atom stereocenters. The van der Waals surface area contributed by atoms with Crippen LogP contribution in [0.5, 0.6) is 0 Å². The molecule has 0 spiro atoms. The van der Waals surface area contributed by atoms with Gasteiger partial charge in [-0.25, -0.2) is 0 Å². The molecule has 7 heteroatoms. The highest BCUT2D eigenvalue weighted by molar-refractivity contribution is 5.75. The van der Waals surface area contributed by atoms with Gasteiger partial charge in [-0.3, -0.25) is 26.0 Å². The molecule has 0 bridgehead atoms. The predicted octanol–water partition coefficient (Wildman–Crippen LogP) is -1.16. The molecule has 0 aromatic carbocycles. The molecule has 0 aliphatic heterocycles. The molecule has 0 unspecified atom stereocenters. The fourth-order valence-corrected chi connectivity index (χ4v) is 1.14. The van der Waals surface area contributed by atoms with Gasteiger partial charge in [0.25, 0.3) is 5.97 Å². The van der Waals surface area contributed by atoms with Gasteiger partial charge in [-0.2, -0.15) is 0 Å². The van der Waals surface area contributed by atoms with Gasteiger partial charge in [0, 0.05) is 19.9 Å². The fraction of sp³-hybridized carbons (Fsp3) is 0.800. The highest BCUT2D eigenvalue weighted by Crippen LogP contribution is 2.03. The number of unbranched alkanes of at least 4 members (excludes halogenated alkanes) is 1. The van der Waals surface area contributed by atoms with E-state index in [-0.39, 0.29) is 12.3 Å². The minimum atomic E-state index is -1.34. The summed E-state index contributed by atoms with van der Waals surface area (Å²) < 4.78 is 4.99. The van der Waals surface area contributed by atoms with Crippen molar-refractivity contribution >= 4 is 11.9 Å². The number of amides is 1. The van der Waals surface area contributed by atoms with Crippen molar-refractivity contribution in [1.29, 1.82) is 0 Å². The van der Waals surface area contributed by atoms with Crippen molar-refractivity contribution < 1.29 is 14.3 Å². The maximum atomic E-state index is 11.4. The number of carbonyl (C=O) groups is 2. The Hall–Kier alpha value is -1.18. The Kier molecular flexibility index (Phi) is 7.44. The highest BCUT2D eigenvalue weighted by Gasteiger charge is 2.24. The lowest BCUT2D eigenvalue weighted by atomic mass is 10.2. The lowest BCUT2D eigenvalue weighted by molar-refractivity contribution is -0.166. The monoisotopic (exact) mass is 246 g/mol. The number of hydrogen-bond donors (Lipinski definition) is 4. The van der Waals surface area contributed by atoms with Crippen LogP contribution in [0, 0.1) is 0 Å². The average molecular weight is 246 g/mol. The van der Waals surface area contributed by atoms with E-state index in [0.717, 1.165) is 0 Å². The smallest absolute Gasteiger partial charge is 0.309 e. The van der Waals surface area contributed by atoms with E-state index in [9.17, 15) is 9.59 Å². The van der Waals surface area contributed by atoms with Crippen LogP contribution in [-0.4, -0.2) is 39.0 Å². The summed E-state index contributed by atoms with van der Waals surface area (Å²) in [5.41, 5.74) is 5.64. The number of rotatable bonds is 8. The molecule has 5 N–H and O–H groups in total. The Bertz CT molecular complexity index is 254. The topological polar surface area (TPSA) is 105 Å². The second-order valence-electron chi connectivity index (χ2n) is 3.59. The Morgan fingerprint density at radius 2 is 1.65 bits per heavy atom. The molecule has 0 rings (SSSR count). The summed E-state index contributed by atoms with van der Waals surface area (Å²) >= 11 is 0. The predicted molar refractivity (Wildman–Crippen MR) is 63.7 cm³/mol. The second kappa shape index (κ2) is 7.99. The number of nitrogens with one attached hydrogen (secondary N) is 3. The van der Waals surface area contributed by atoms with E-state index >= 15 is 0 Å². The van der Waals surface area contributed by atoms with Crippen LogP contribution in [0.2, 0.25) is 0 Å². The summed E-state index contributed by atoms with van der Waals surface area (Å²) in [6, 6.07) is 0. The third-order valence-electron chi connectivity index (χ3n) is 2.33. The van der Waals surface area contributed by atoms with Gasteiger partial charge in [-0.15, -0.1) is 0 Å². The molecule has 0 heterocycles. The first kappa shape index (κ1) is 15.8. The molecule has 0 radical (unpaired) electrons. The van der Waals surface area contributed by atoms with Gasteiger partial charge < -0.3 is 10.1 Å². The highest BCUT2D eigenvalue weighted by atomic mass is 16.6. The third kappa shape index (κ3) is 6.88. The second-order valence-corrected chi connectivity index (χ2v) is 3.59. The Balaban J connectivity index is 3.77. The third-order valence-corrected chi connectivity index (χ3v) is 2.33. The molecular weight excluding hydrogens is 224 g/mol. The van der Waals surface area contributed by atoms with Crippen LogP contribution in [0.1, 0.15) is 25.7 Å².